The highest BCUT2D eigenvalue weighted by Crippen LogP contribution is 2.69. The van der Waals surface area contributed by atoms with Gasteiger partial charge < -0.3 is 29.9 Å². The Morgan fingerprint density at radius 1 is 0.909 bits per heavy atom. The first kappa shape index (κ1) is 24.9. The van der Waals surface area contributed by atoms with Crippen molar-refractivity contribution in [3.63, 3.8) is 0 Å². The molecule has 3 rings (SSSR count). The molecule has 4 N–H and O–H groups in total. The van der Waals surface area contributed by atoms with Crippen molar-refractivity contribution in [2.75, 3.05) is 0 Å². The number of carbonyl (C=O) groups is 2. The van der Waals surface area contributed by atoms with Gasteiger partial charge in [-0.3, -0.25) is 0 Å². The Hall–Kier alpha value is -2.78. The SMILES string of the molecule is Cc1ccccc1CO[C@@H](C(=O)O)[C@H](O)[C@]1(O)C(C)(C)[C@]1(OCc1ccccc1C)C(=O)O. The molecule has 1 aliphatic rings. The second-order valence-electron chi connectivity index (χ2n) is 9.03. The summed E-state index contributed by atoms with van der Waals surface area (Å²) in [7, 11) is 0. The minimum Gasteiger partial charge on any atom is -0.479 e. The maximum atomic E-state index is 12.4. The fraction of sp³-hybridized carbons (Fsp3) is 0.440. The van der Waals surface area contributed by atoms with Gasteiger partial charge >= 0.3 is 11.9 Å². The van der Waals surface area contributed by atoms with E-state index in [1.54, 1.807) is 24.3 Å². The topological polar surface area (TPSA) is 134 Å². The van der Waals surface area contributed by atoms with Crippen LogP contribution in [-0.4, -0.2) is 55.8 Å². The van der Waals surface area contributed by atoms with Crippen molar-refractivity contribution in [3.05, 3.63) is 70.8 Å². The van der Waals surface area contributed by atoms with Crippen LogP contribution in [0.3, 0.4) is 0 Å². The molecule has 2 aromatic rings. The molecule has 0 aliphatic heterocycles. The van der Waals surface area contributed by atoms with Crippen LogP contribution < -0.4 is 0 Å². The molecule has 0 aromatic heterocycles. The first-order valence-electron chi connectivity index (χ1n) is 10.6. The Morgan fingerprint density at radius 2 is 1.39 bits per heavy atom. The van der Waals surface area contributed by atoms with E-state index in [0.717, 1.165) is 11.1 Å². The van der Waals surface area contributed by atoms with Gasteiger partial charge in [-0.15, -0.1) is 0 Å². The summed E-state index contributed by atoms with van der Waals surface area (Å²) in [5.74, 6) is -3.02. The molecule has 1 saturated carbocycles. The molecule has 1 fully saturated rings. The van der Waals surface area contributed by atoms with Crippen molar-refractivity contribution in [2.24, 2.45) is 5.41 Å². The van der Waals surface area contributed by atoms with Crippen LogP contribution in [0.5, 0.6) is 0 Å². The van der Waals surface area contributed by atoms with E-state index in [2.05, 4.69) is 0 Å². The first-order valence-corrected chi connectivity index (χ1v) is 10.6. The molecule has 1 aliphatic carbocycles. The average Bonchev–Trinajstić information content (AvgIpc) is 3.16. The van der Waals surface area contributed by atoms with Gasteiger partial charge in [0.2, 0.25) is 5.60 Å². The molecule has 2 aromatic carbocycles. The zero-order valence-corrected chi connectivity index (χ0v) is 19.1. The highest BCUT2D eigenvalue weighted by molar-refractivity contribution is 5.88. The van der Waals surface area contributed by atoms with Crippen LogP contribution in [0.15, 0.2) is 48.5 Å². The van der Waals surface area contributed by atoms with Crippen molar-refractivity contribution < 1.29 is 39.5 Å². The summed E-state index contributed by atoms with van der Waals surface area (Å²) in [5, 5.41) is 42.2. The van der Waals surface area contributed by atoms with Crippen LogP contribution in [-0.2, 0) is 32.3 Å². The van der Waals surface area contributed by atoms with Crippen LogP contribution in [0, 0.1) is 19.3 Å². The number of carboxylic acids is 2. The second-order valence-corrected chi connectivity index (χ2v) is 9.03. The number of carboxylic acid groups (broad SMARTS) is 2. The third-order valence-corrected chi connectivity index (χ3v) is 6.95. The van der Waals surface area contributed by atoms with E-state index < -0.39 is 40.8 Å². The lowest BCUT2D eigenvalue weighted by molar-refractivity contribution is -0.186. The molecule has 0 spiro atoms. The molecule has 0 unspecified atom stereocenters. The van der Waals surface area contributed by atoms with Crippen molar-refractivity contribution in [1.82, 2.24) is 0 Å². The number of ether oxygens (including phenoxy) is 2. The van der Waals surface area contributed by atoms with E-state index in [0.29, 0.717) is 11.1 Å². The Labute approximate surface area is 192 Å². The largest absolute Gasteiger partial charge is 0.479 e. The first-order chi connectivity index (χ1) is 15.4. The summed E-state index contributed by atoms with van der Waals surface area (Å²) < 4.78 is 11.3. The van der Waals surface area contributed by atoms with Crippen LogP contribution in [0.2, 0.25) is 0 Å². The fourth-order valence-corrected chi connectivity index (χ4v) is 4.63. The highest BCUT2D eigenvalue weighted by Gasteiger charge is 2.91. The van der Waals surface area contributed by atoms with E-state index in [9.17, 15) is 30.0 Å². The summed E-state index contributed by atoms with van der Waals surface area (Å²) in [6.45, 7) is 6.23. The van der Waals surface area contributed by atoms with Crippen molar-refractivity contribution in [3.8, 4) is 0 Å². The predicted molar refractivity (Wildman–Crippen MR) is 118 cm³/mol. The van der Waals surface area contributed by atoms with Crippen LogP contribution >= 0.6 is 0 Å². The number of hydrogen-bond donors (Lipinski definition) is 4. The summed E-state index contributed by atoms with van der Waals surface area (Å²) in [5.41, 5.74) is -3.01. The summed E-state index contributed by atoms with van der Waals surface area (Å²) in [6, 6.07) is 14.4. The van der Waals surface area contributed by atoms with Gasteiger partial charge in [0, 0.05) is 5.41 Å². The fourth-order valence-electron chi connectivity index (χ4n) is 4.63. The van der Waals surface area contributed by atoms with E-state index >= 15 is 0 Å². The molecule has 33 heavy (non-hydrogen) atoms. The summed E-state index contributed by atoms with van der Waals surface area (Å²) >= 11 is 0. The third kappa shape index (κ3) is 3.83. The number of benzene rings is 2. The molecule has 0 saturated heterocycles. The molecule has 0 heterocycles. The zero-order chi connectivity index (χ0) is 24.6. The van der Waals surface area contributed by atoms with Gasteiger partial charge in [0.05, 0.1) is 13.2 Å². The van der Waals surface area contributed by atoms with Gasteiger partial charge in [0.1, 0.15) is 11.7 Å². The zero-order valence-electron chi connectivity index (χ0n) is 19.1. The molecule has 178 valence electrons. The van der Waals surface area contributed by atoms with Crippen LogP contribution in [0.1, 0.15) is 36.1 Å². The lowest BCUT2D eigenvalue weighted by Gasteiger charge is -2.28. The Balaban J connectivity index is 1.88. The van der Waals surface area contributed by atoms with E-state index in [4.69, 9.17) is 9.47 Å². The molecule has 0 amide bonds. The number of aryl methyl sites for hydroxylation is 2. The Morgan fingerprint density at radius 3 is 1.85 bits per heavy atom. The van der Waals surface area contributed by atoms with Gasteiger partial charge in [-0.1, -0.05) is 62.4 Å². The van der Waals surface area contributed by atoms with Crippen LogP contribution in [0.25, 0.3) is 0 Å². The normalized spacial score (nSPS) is 25.3. The number of aliphatic hydroxyl groups is 2. The maximum Gasteiger partial charge on any atom is 0.339 e. The summed E-state index contributed by atoms with van der Waals surface area (Å²) in [6.07, 6.45) is -3.95. The highest BCUT2D eigenvalue weighted by atomic mass is 16.6. The quantitative estimate of drug-likeness (QED) is 0.427. The standard InChI is InChI=1S/C25H30O8/c1-15-9-5-7-11-17(15)13-32-19(21(27)28)20(26)24(31)23(3,4)25(24,22(29)30)33-14-18-12-8-6-10-16(18)2/h5-12,19-20,26,31H,13-14H2,1-4H3,(H,27,28)(H,29,30)/t19-,20+,24+,25-/m1/s1. The molecule has 0 bridgehead atoms. The smallest absolute Gasteiger partial charge is 0.339 e. The minimum atomic E-state index is -2.41. The molecular formula is C25H30O8. The van der Waals surface area contributed by atoms with E-state index in [1.807, 2.05) is 38.1 Å². The van der Waals surface area contributed by atoms with E-state index in [-0.39, 0.29) is 13.2 Å². The monoisotopic (exact) mass is 458 g/mol. The molecule has 8 nitrogen and oxygen atoms in total. The van der Waals surface area contributed by atoms with Gasteiger partial charge in [-0.05, 0) is 36.1 Å². The van der Waals surface area contributed by atoms with Crippen LogP contribution in [0.4, 0.5) is 0 Å². The lowest BCUT2D eigenvalue weighted by Crippen LogP contribution is -2.52. The molecule has 4 atom stereocenters. The predicted octanol–water partition coefficient (Wildman–Crippen LogP) is 2.45. The number of hydrogen-bond acceptors (Lipinski definition) is 6. The van der Waals surface area contributed by atoms with Crippen molar-refractivity contribution >= 4 is 11.9 Å². The number of aliphatic carboxylic acids is 2. The number of aliphatic hydroxyl groups excluding tert-OH is 1. The molecule has 8 heteroatoms. The molecular weight excluding hydrogens is 428 g/mol. The number of rotatable bonds is 10. The van der Waals surface area contributed by atoms with Gasteiger partial charge in [-0.2, -0.15) is 0 Å². The maximum absolute atomic E-state index is 12.4. The average molecular weight is 459 g/mol. The van der Waals surface area contributed by atoms with Crippen molar-refractivity contribution in [2.45, 2.75) is 64.3 Å². The third-order valence-electron chi connectivity index (χ3n) is 6.95. The van der Waals surface area contributed by atoms with Gasteiger partial charge in [0.25, 0.3) is 0 Å². The minimum absolute atomic E-state index is 0.138. The van der Waals surface area contributed by atoms with Crippen molar-refractivity contribution in [1.29, 1.82) is 0 Å². The summed E-state index contributed by atoms with van der Waals surface area (Å²) in [4.78, 5) is 24.3. The Bertz CT molecular complexity index is 1050. The van der Waals surface area contributed by atoms with E-state index in [1.165, 1.54) is 13.8 Å². The Kier molecular flexibility index (Phi) is 6.68. The van der Waals surface area contributed by atoms with Gasteiger partial charge in [-0.25, -0.2) is 9.59 Å². The van der Waals surface area contributed by atoms with Gasteiger partial charge in [0.15, 0.2) is 6.10 Å². The molecule has 0 radical (unpaired) electrons. The second kappa shape index (κ2) is 8.87. The lowest BCUT2D eigenvalue weighted by atomic mass is 9.97.